The number of aliphatic hydroxyl groups is 1. The second-order valence-corrected chi connectivity index (χ2v) is 6.28. The number of carbonyl (C=O) groups is 2. The second kappa shape index (κ2) is 6.45. The van der Waals surface area contributed by atoms with Crippen molar-refractivity contribution < 1.29 is 23.5 Å². The molecule has 2 amide bonds. The van der Waals surface area contributed by atoms with Crippen LogP contribution in [0.3, 0.4) is 0 Å². The van der Waals surface area contributed by atoms with Gasteiger partial charge in [-0.15, -0.1) is 0 Å². The first-order valence-corrected chi connectivity index (χ1v) is 7.83. The lowest BCUT2D eigenvalue weighted by Gasteiger charge is -2.35. The maximum absolute atomic E-state index is 13.6. The lowest BCUT2D eigenvalue weighted by molar-refractivity contribution is -0.149. The molecule has 24 heavy (non-hydrogen) atoms. The van der Waals surface area contributed by atoms with Gasteiger partial charge in [-0.3, -0.25) is 9.59 Å². The number of fused-ring (bicyclic) bond motifs is 1. The summed E-state index contributed by atoms with van der Waals surface area (Å²) in [5.74, 6) is -1.66. The predicted octanol–water partition coefficient (Wildman–Crippen LogP) is -0.0969. The molecule has 0 spiro atoms. The number of amides is 2. The molecule has 0 unspecified atom stereocenters. The minimum absolute atomic E-state index is 0.102. The van der Waals surface area contributed by atoms with E-state index in [2.05, 4.69) is 10.6 Å². The third-order valence-corrected chi connectivity index (χ3v) is 4.52. The number of rotatable bonds is 4. The van der Waals surface area contributed by atoms with Gasteiger partial charge >= 0.3 is 0 Å². The van der Waals surface area contributed by atoms with Gasteiger partial charge in [0.15, 0.2) is 0 Å². The molecule has 3 rings (SSSR count). The molecule has 0 radical (unpaired) electrons. The minimum atomic E-state index is -0.976. The van der Waals surface area contributed by atoms with Gasteiger partial charge in [-0.1, -0.05) is 0 Å². The standard InChI is InChI=1S/C16H19F2N3O3/c1-8(22)14-16(24)21-7-11(5-13(21)15(23)20-14)19-6-9-4-10(17)2-3-12(9)18/h2-4,8,11,13-14,19,22H,5-7H2,1H3,(H,20,23)/t8-,11-,13-,14+/m0/s1. The van der Waals surface area contributed by atoms with Crippen molar-refractivity contribution in [3.8, 4) is 0 Å². The van der Waals surface area contributed by atoms with Crippen LogP contribution in [0.5, 0.6) is 0 Å². The van der Waals surface area contributed by atoms with Gasteiger partial charge in [0.25, 0.3) is 0 Å². The number of hydrogen-bond donors (Lipinski definition) is 3. The van der Waals surface area contributed by atoms with Gasteiger partial charge in [-0.2, -0.15) is 0 Å². The van der Waals surface area contributed by atoms with Crippen molar-refractivity contribution in [1.82, 2.24) is 15.5 Å². The molecule has 2 saturated heterocycles. The number of carbonyl (C=O) groups excluding carboxylic acids is 2. The molecule has 4 atom stereocenters. The van der Waals surface area contributed by atoms with E-state index in [1.54, 1.807) is 0 Å². The lowest BCUT2D eigenvalue weighted by Crippen LogP contribution is -2.64. The van der Waals surface area contributed by atoms with Crippen LogP contribution in [0.4, 0.5) is 8.78 Å². The highest BCUT2D eigenvalue weighted by molar-refractivity contribution is 5.97. The van der Waals surface area contributed by atoms with Crippen molar-refractivity contribution in [3.05, 3.63) is 35.4 Å². The second-order valence-electron chi connectivity index (χ2n) is 6.28. The van der Waals surface area contributed by atoms with E-state index >= 15 is 0 Å². The third-order valence-electron chi connectivity index (χ3n) is 4.52. The number of aliphatic hydroxyl groups excluding tert-OH is 1. The summed E-state index contributed by atoms with van der Waals surface area (Å²) >= 11 is 0. The number of piperazine rings is 1. The summed E-state index contributed by atoms with van der Waals surface area (Å²) < 4.78 is 26.8. The zero-order chi connectivity index (χ0) is 17.4. The molecule has 6 nitrogen and oxygen atoms in total. The summed E-state index contributed by atoms with van der Waals surface area (Å²) in [5, 5.41) is 15.2. The molecule has 0 bridgehead atoms. The average Bonchev–Trinajstić information content (AvgIpc) is 2.96. The Balaban J connectivity index is 1.65. The molecule has 2 heterocycles. The van der Waals surface area contributed by atoms with E-state index in [1.165, 1.54) is 11.8 Å². The quantitative estimate of drug-likeness (QED) is 0.716. The van der Waals surface area contributed by atoms with Gasteiger partial charge in [-0.05, 0) is 31.5 Å². The largest absolute Gasteiger partial charge is 0.391 e. The summed E-state index contributed by atoms with van der Waals surface area (Å²) in [7, 11) is 0. The Kier molecular flexibility index (Phi) is 4.51. The van der Waals surface area contributed by atoms with Crippen LogP contribution < -0.4 is 10.6 Å². The Morgan fingerprint density at radius 1 is 1.42 bits per heavy atom. The Hall–Kier alpha value is -2.06. The highest BCUT2D eigenvalue weighted by Gasteiger charge is 2.47. The van der Waals surface area contributed by atoms with Gasteiger partial charge in [0.2, 0.25) is 11.8 Å². The molecule has 8 heteroatoms. The SMILES string of the molecule is C[C@H](O)[C@H]1NC(=O)[C@@H]2C[C@H](NCc3cc(F)ccc3F)CN2C1=O. The fourth-order valence-corrected chi connectivity index (χ4v) is 3.23. The topological polar surface area (TPSA) is 81.7 Å². The lowest BCUT2D eigenvalue weighted by atomic mass is 10.0. The zero-order valence-electron chi connectivity index (χ0n) is 13.1. The number of nitrogens with zero attached hydrogens (tertiary/aromatic N) is 1. The first-order valence-electron chi connectivity index (χ1n) is 7.83. The van der Waals surface area contributed by atoms with E-state index in [-0.39, 0.29) is 36.5 Å². The Bertz CT molecular complexity index is 668. The molecule has 0 saturated carbocycles. The molecule has 0 aliphatic carbocycles. The van der Waals surface area contributed by atoms with Crippen LogP contribution in [0.2, 0.25) is 0 Å². The molecule has 3 N–H and O–H groups in total. The van der Waals surface area contributed by atoms with E-state index in [4.69, 9.17) is 0 Å². The molecule has 130 valence electrons. The highest BCUT2D eigenvalue weighted by atomic mass is 19.1. The molecule has 2 aliphatic rings. The molecule has 0 aromatic heterocycles. The molecular weight excluding hydrogens is 320 g/mol. The van der Waals surface area contributed by atoms with Crippen molar-refractivity contribution >= 4 is 11.8 Å². The smallest absolute Gasteiger partial charge is 0.248 e. The number of nitrogens with one attached hydrogen (secondary N) is 2. The van der Waals surface area contributed by atoms with Crippen LogP contribution in [0.25, 0.3) is 0 Å². The molecule has 1 aromatic rings. The molecule has 1 aromatic carbocycles. The van der Waals surface area contributed by atoms with Crippen LogP contribution in [-0.4, -0.2) is 52.6 Å². The fraction of sp³-hybridized carbons (Fsp3) is 0.500. The molecular formula is C16H19F2N3O3. The monoisotopic (exact) mass is 339 g/mol. The summed E-state index contributed by atoms with van der Waals surface area (Å²) in [4.78, 5) is 25.9. The Labute approximate surface area is 137 Å². The van der Waals surface area contributed by atoms with Crippen LogP contribution in [0.15, 0.2) is 18.2 Å². The molecule has 2 fully saturated rings. The first-order chi connectivity index (χ1) is 11.4. The van der Waals surface area contributed by atoms with Gasteiger partial charge in [0.1, 0.15) is 23.7 Å². The third kappa shape index (κ3) is 3.11. The summed E-state index contributed by atoms with van der Waals surface area (Å²) in [6.07, 6.45) is -0.586. The summed E-state index contributed by atoms with van der Waals surface area (Å²) in [5.41, 5.74) is 0.192. The van der Waals surface area contributed by atoms with Gasteiger partial charge < -0.3 is 20.6 Å². The summed E-state index contributed by atoms with van der Waals surface area (Å²) in [6.45, 7) is 1.84. The summed E-state index contributed by atoms with van der Waals surface area (Å²) in [6, 6.07) is 1.49. The maximum Gasteiger partial charge on any atom is 0.248 e. The predicted molar refractivity (Wildman–Crippen MR) is 80.7 cm³/mol. The van der Waals surface area contributed by atoms with Crippen molar-refractivity contribution in [1.29, 1.82) is 0 Å². The van der Waals surface area contributed by atoms with Crippen LogP contribution in [0.1, 0.15) is 18.9 Å². The first kappa shape index (κ1) is 16.8. The van der Waals surface area contributed by atoms with E-state index in [1.807, 2.05) is 0 Å². The fourth-order valence-electron chi connectivity index (χ4n) is 3.23. The van der Waals surface area contributed by atoms with Crippen LogP contribution in [-0.2, 0) is 16.1 Å². The van der Waals surface area contributed by atoms with Crippen molar-refractivity contribution in [2.75, 3.05) is 6.54 Å². The Morgan fingerprint density at radius 2 is 2.17 bits per heavy atom. The van der Waals surface area contributed by atoms with Crippen molar-refractivity contribution in [2.45, 2.75) is 44.1 Å². The minimum Gasteiger partial charge on any atom is -0.391 e. The van der Waals surface area contributed by atoms with E-state index < -0.39 is 29.8 Å². The van der Waals surface area contributed by atoms with Crippen molar-refractivity contribution in [3.63, 3.8) is 0 Å². The average molecular weight is 339 g/mol. The number of halogens is 2. The molecule has 2 aliphatic heterocycles. The maximum atomic E-state index is 13.6. The van der Waals surface area contributed by atoms with E-state index in [0.717, 1.165) is 18.2 Å². The van der Waals surface area contributed by atoms with E-state index in [9.17, 15) is 23.5 Å². The number of benzene rings is 1. The Morgan fingerprint density at radius 3 is 2.88 bits per heavy atom. The van der Waals surface area contributed by atoms with E-state index in [0.29, 0.717) is 6.42 Å². The van der Waals surface area contributed by atoms with Gasteiger partial charge in [0.05, 0.1) is 6.10 Å². The zero-order valence-corrected chi connectivity index (χ0v) is 13.1. The van der Waals surface area contributed by atoms with Crippen LogP contribution >= 0.6 is 0 Å². The normalized spacial score (nSPS) is 27.8. The van der Waals surface area contributed by atoms with Gasteiger partial charge in [0, 0.05) is 24.7 Å². The van der Waals surface area contributed by atoms with Crippen molar-refractivity contribution in [2.24, 2.45) is 0 Å². The van der Waals surface area contributed by atoms with Gasteiger partial charge in [-0.25, -0.2) is 8.78 Å². The number of hydrogen-bond acceptors (Lipinski definition) is 4. The highest BCUT2D eigenvalue weighted by Crippen LogP contribution is 2.24. The van der Waals surface area contributed by atoms with Crippen LogP contribution in [0, 0.1) is 11.6 Å².